The molecule has 0 fully saturated rings. The molecule has 5 atom stereocenters. The Morgan fingerprint density at radius 2 is 0.384 bits per heavy atom. The van der Waals surface area contributed by atoms with Crippen molar-refractivity contribution >= 4 is 41.8 Å². The summed E-state index contributed by atoms with van der Waals surface area (Å²) in [5, 5.41) is 28.0. The highest BCUT2D eigenvalue weighted by Gasteiger charge is 2.33. The van der Waals surface area contributed by atoms with Crippen LogP contribution >= 0.6 is 0 Å². The van der Waals surface area contributed by atoms with E-state index in [4.69, 9.17) is 53.6 Å². The molecular weight excluding hydrogens is 1850 g/mol. The largest absolute Gasteiger partial charge is 0.456 e. The number of esters is 7. The zero-order valence-corrected chi connectivity index (χ0v) is 97.3. The van der Waals surface area contributed by atoms with E-state index in [0.717, 1.165) is 203 Å². The van der Waals surface area contributed by atoms with Crippen molar-refractivity contribution in [2.24, 2.45) is 0 Å². The molecule has 0 heterocycles. The number of aliphatic hydroxyl groups is 4. The number of hydrogen-bond donors (Lipinski definition) is 4. The molecule has 0 aromatic heterocycles. The van der Waals surface area contributed by atoms with Gasteiger partial charge in [-0.25, -0.2) is 33.6 Å². The molecule has 7 rings (SSSR count). The Morgan fingerprint density at radius 3 is 0.527 bits per heavy atom. The fourth-order valence-electron chi connectivity index (χ4n) is 15.2. The van der Waals surface area contributed by atoms with Gasteiger partial charge in [0.1, 0.15) is 92.1 Å². The summed E-state index contributed by atoms with van der Waals surface area (Å²) in [6.07, 6.45) is 8.24. The molecule has 0 saturated heterocycles. The van der Waals surface area contributed by atoms with Crippen LogP contribution in [0.1, 0.15) is 235 Å². The average molecular weight is 2060 g/mol. The van der Waals surface area contributed by atoms with Gasteiger partial charge in [0.05, 0.1) is 178 Å². The van der Waals surface area contributed by atoms with Crippen molar-refractivity contribution in [1.29, 1.82) is 0 Å². The lowest BCUT2D eigenvalue weighted by Gasteiger charge is -2.42. The number of methoxy groups -OCH3 is 3. The number of carbonyl (C=O) groups excluding carboxylic acids is 7. The number of hydrogen-bond acceptors (Lipinski definition) is 21. The van der Waals surface area contributed by atoms with Crippen LogP contribution in [0.2, 0.25) is 0 Å². The Labute approximate surface area is 886 Å². The second-order valence-corrected chi connectivity index (χ2v) is 36.5. The first-order chi connectivity index (χ1) is 69.9. The standard InChI is InChI=1S/3C18H30NO2.2C15H24NO2.2C12H18NO2.3C2H6O.4CH4O/c2*1-5-13-19(7-3,16(4)6-2)14-15-21-18(20)17-11-9-8-10-12-17;1-4-7-14-19(6-3,13-5-2)15-16-21-18(20)17-11-9-8-10-12-17;2*1-4-16(5-2,6-3)12-13-18-15(17)14-10-8-7-9-11-14;2*1-13(2,3)9-10-15-12(14)11-7-5-4-6-8-11;3*1-3-2;4*1-2/h2*8-12,16H,5-7,13-15H2,1-4H3;8-12H,4-7,13-16H2,1-3H3;2*7-11H,4-6,12-13H2,1-3H3;2*4-8H,9-10H2,1-3H3;3*1-2H3;4*2H,1H3/q7*+1;;;;;;;. The lowest BCUT2D eigenvalue weighted by atomic mass is 10.1. The summed E-state index contributed by atoms with van der Waals surface area (Å²) in [4.78, 5) is 82.5. The first kappa shape index (κ1) is 149. The van der Waals surface area contributed by atoms with Gasteiger partial charge in [0.2, 0.25) is 0 Å². The van der Waals surface area contributed by atoms with E-state index in [1.54, 1.807) is 128 Å². The van der Waals surface area contributed by atoms with Gasteiger partial charge in [-0.15, -0.1) is 0 Å². The normalized spacial score (nSPS) is 12.0. The molecule has 0 saturated carbocycles. The predicted octanol–water partition coefficient (Wildman–Crippen LogP) is 19.4. The number of quaternary nitrogens is 7. The van der Waals surface area contributed by atoms with Crippen LogP contribution in [-0.4, -0.2) is 396 Å². The molecule has 0 spiro atoms. The lowest BCUT2D eigenvalue weighted by molar-refractivity contribution is -0.948. The fraction of sp³-hybridized carbons (Fsp3) is 0.585. The van der Waals surface area contributed by atoms with Crippen molar-refractivity contribution in [2.75, 3.05) is 291 Å². The third-order valence-electron chi connectivity index (χ3n) is 25.0. The van der Waals surface area contributed by atoms with Crippen molar-refractivity contribution in [3.63, 3.8) is 0 Å². The topological polar surface area (TPSA) is 293 Å². The number of carbonyl (C=O) groups is 7. The highest BCUT2D eigenvalue weighted by Crippen LogP contribution is 2.21. The van der Waals surface area contributed by atoms with E-state index in [2.05, 4.69) is 174 Å². The average Bonchev–Trinajstić information content (AvgIpc) is 0.842. The number of ether oxygens (including phenoxy) is 10. The Bertz CT molecular complexity index is 3890. The Balaban J connectivity index is -0.000000301. The van der Waals surface area contributed by atoms with Gasteiger partial charge in [0.15, 0.2) is 0 Å². The molecule has 28 nitrogen and oxygen atoms in total. The maximum Gasteiger partial charge on any atom is 0.338 e. The minimum Gasteiger partial charge on any atom is -0.456 e. The molecule has 834 valence electrons. The van der Waals surface area contributed by atoms with Crippen LogP contribution in [0.3, 0.4) is 0 Å². The lowest BCUT2D eigenvalue weighted by Crippen LogP contribution is -2.56. The molecular formula is C118H208N7O21+7. The highest BCUT2D eigenvalue weighted by atomic mass is 16.6. The summed E-state index contributed by atoms with van der Waals surface area (Å²) in [5.74, 6) is -1.59. The van der Waals surface area contributed by atoms with Crippen LogP contribution < -0.4 is 0 Å². The first-order valence-electron chi connectivity index (χ1n) is 52.3. The van der Waals surface area contributed by atoms with Gasteiger partial charge >= 0.3 is 41.8 Å². The Hall–Kier alpha value is -9.73. The molecule has 4 N–H and O–H groups in total. The molecule has 0 aliphatic carbocycles. The molecule has 7 aromatic carbocycles. The van der Waals surface area contributed by atoms with Crippen molar-refractivity contribution in [3.8, 4) is 0 Å². The van der Waals surface area contributed by atoms with Crippen molar-refractivity contribution < 1.29 is 133 Å². The van der Waals surface area contributed by atoms with E-state index in [9.17, 15) is 33.6 Å². The number of benzene rings is 7. The van der Waals surface area contributed by atoms with Crippen LogP contribution in [-0.2, 0) is 47.4 Å². The van der Waals surface area contributed by atoms with Crippen LogP contribution in [0.15, 0.2) is 212 Å². The minimum atomic E-state index is -0.246. The summed E-state index contributed by atoms with van der Waals surface area (Å²) in [7, 11) is 26.1. The first-order valence-corrected chi connectivity index (χ1v) is 52.3. The summed E-state index contributed by atoms with van der Waals surface area (Å²) in [6, 6.07) is 65.3. The molecule has 28 heteroatoms. The van der Waals surface area contributed by atoms with E-state index in [-0.39, 0.29) is 41.8 Å². The van der Waals surface area contributed by atoms with Gasteiger partial charge in [-0.05, 0) is 200 Å². The second-order valence-electron chi connectivity index (χ2n) is 36.5. The number of nitrogens with zero attached hydrogens (tertiary/aromatic N) is 7. The van der Waals surface area contributed by atoms with Gasteiger partial charge in [-0.1, -0.05) is 175 Å². The van der Waals surface area contributed by atoms with E-state index >= 15 is 0 Å². The van der Waals surface area contributed by atoms with Crippen molar-refractivity contribution in [1.82, 2.24) is 0 Å². The summed E-state index contributed by atoms with van der Waals surface area (Å²) in [6.45, 7) is 61.7. The molecule has 0 aliphatic heterocycles. The van der Waals surface area contributed by atoms with E-state index in [0.29, 0.717) is 97.3 Å². The number of aliphatic hydroxyl groups excluding tert-OH is 4. The zero-order chi connectivity index (χ0) is 113. The van der Waals surface area contributed by atoms with E-state index in [1.165, 1.54) is 32.4 Å². The second kappa shape index (κ2) is 96.1. The predicted molar refractivity (Wildman–Crippen MR) is 600 cm³/mol. The SMILES string of the molecule is CCCC[N+](CC)(CCC)CCOC(=O)c1ccccc1.CCC[N+](CC)(CCOC(=O)c1ccccc1)C(C)CC.CCC[N+](CC)(CCOC(=O)c1ccccc1)C(C)CC.CC[N+](CC)(CC)CCOC(=O)c1ccccc1.CC[N+](CC)(CC)CCOC(=O)c1ccccc1.CO.CO.CO.CO.COC.COC.COC.C[N+](C)(C)CCOC(=O)c1ccccc1.C[N+](C)(C)CCOC(=O)c1ccccc1. The summed E-state index contributed by atoms with van der Waals surface area (Å²) >= 11 is 0. The van der Waals surface area contributed by atoms with Gasteiger partial charge in [-0.3, -0.25) is 0 Å². The molecule has 146 heavy (non-hydrogen) atoms. The monoisotopic (exact) mass is 2060 g/mol. The molecule has 0 radical (unpaired) electrons. The van der Waals surface area contributed by atoms with Crippen LogP contribution in [0.4, 0.5) is 0 Å². The molecule has 7 aromatic rings. The van der Waals surface area contributed by atoms with E-state index in [1.807, 2.05) is 127 Å². The van der Waals surface area contributed by atoms with E-state index < -0.39 is 0 Å². The van der Waals surface area contributed by atoms with Gasteiger partial charge in [0, 0.05) is 71.1 Å². The molecule has 5 unspecified atom stereocenters. The molecule has 0 amide bonds. The van der Waals surface area contributed by atoms with Crippen LogP contribution in [0.25, 0.3) is 0 Å². The minimum absolute atomic E-state index is 0.211. The van der Waals surface area contributed by atoms with Crippen molar-refractivity contribution in [3.05, 3.63) is 251 Å². The highest BCUT2D eigenvalue weighted by molar-refractivity contribution is 5.92. The van der Waals surface area contributed by atoms with Gasteiger partial charge in [-0.2, -0.15) is 0 Å². The van der Waals surface area contributed by atoms with Crippen LogP contribution in [0, 0.1) is 0 Å². The van der Waals surface area contributed by atoms with Gasteiger partial charge in [0.25, 0.3) is 0 Å². The maximum atomic E-state index is 12.0. The smallest absolute Gasteiger partial charge is 0.338 e. The van der Waals surface area contributed by atoms with Crippen LogP contribution in [0.5, 0.6) is 0 Å². The number of unbranched alkanes of at least 4 members (excludes halogenated alkanes) is 1. The Morgan fingerprint density at radius 1 is 0.219 bits per heavy atom. The number of likely N-dealkylation sites (N-methyl/N-ethyl adjacent to an activating group) is 7. The molecule has 0 aliphatic rings. The fourth-order valence-corrected chi connectivity index (χ4v) is 15.2. The van der Waals surface area contributed by atoms with Crippen molar-refractivity contribution in [2.45, 2.75) is 175 Å². The quantitative estimate of drug-likeness (QED) is 0.0156. The third-order valence-corrected chi connectivity index (χ3v) is 25.0. The molecule has 0 bridgehead atoms. The Kier molecular flexibility index (Phi) is 98.3. The zero-order valence-electron chi connectivity index (χ0n) is 97.3. The van der Waals surface area contributed by atoms with Gasteiger partial charge < -0.3 is 99.2 Å². The third kappa shape index (κ3) is 71.0. The maximum absolute atomic E-state index is 12.0. The summed E-state index contributed by atoms with van der Waals surface area (Å²) < 4.78 is 56.8. The number of rotatable bonds is 50. The summed E-state index contributed by atoms with van der Waals surface area (Å²) in [5.41, 5.74) is 4.37.